The molecule has 0 amide bonds. The van der Waals surface area contributed by atoms with Crippen molar-refractivity contribution < 1.29 is 14.6 Å². The van der Waals surface area contributed by atoms with E-state index < -0.39 is 5.97 Å². The van der Waals surface area contributed by atoms with Crippen LogP contribution in [0.5, 0.6) is 5.75 Å². The fraction of sp³-hybridized carbons (Fsp3) is 0.316. The maximum atomic E-state index is 11.0. The van der Waals surface area contributed by atoms with Crippen molar-refractivity contribution in [2.75, 3.05) is 13.1 Å². The molecule has 1 fully saturated rings. The van der Waals surface area contributed by atoms with E-state index in [1.165, 1.54) is 0 Å². The second-order valence-electron chi connectivity index (χ2n) is 5.91. The molecule has 23 heavy (non-hydrogen) atoms. The quantitative estimate of drug-likeness (QED) is 0.919. The molecular formula is C19H21NO3. The van der Waals surface area contributed by atoms with Crippen molar-refractivity contribution in [3.8, 4) is 5.75 Å². The number of piperidine rings is 1. The Morgan fingerprint density at radius 2 is 1.83 bits per heavy atom. The molecule has 4 heteroatoms. The van der Waals surface area contributed by atoms with Crippen LogP contribution in [0.1, 0.15) is 28.8 Å². The van der Waals surface area contributed by atoms with E-state index >= 15 is 0 Å². The minimum absolute atomic E-state index is 0.263. The predicted molar refractivity (Wildman–Crippen MR) is 88.8 cm³/mol. The molecule has 120 valence electrons. The highest BCUT2D eigenvalue weighted by molar-refractivity contribution is 5.87. The number of ether oxygens (including phenoxy) is 1. The molecule has 1 N–H and O–H groups in total. The van der Waals surface area contributed by atoms with E-state index in [2.05, 4.69) is 4.90 Å². The zero-order chi connectivity index (χ0) is 16.1. The van der Waals surface area contributed by atoms with Crippen LogP contribution in [0.2, 0.25) is 0 Å². The van der Waals surface area contributed by atoms with Crippen molar-refractivity contribution in [3.05, 3.63) is 65.7 Å². The molecule has 0 bridgehead atoms. The number of nitrogens with zero attached hydrogens (tertiary/aromatic N) is 1. The fourth-order valence-corrected chi connectivity index (χ4v) is 2.94. The third kappa shape index (κ3) is 4.33. The first-order valence-electron chi connectivity index (χ1n) is 7.97. The van der Waals surface area contributed by atoms with Gasteiger partial charge in [0.2, 0.25) is 0 Å². The number of hydrogen-bond acceptors (Lipinski definition) is 3. The molecule has 1 saturated heterocycles. The number of carboxylic acids is 1. The molecule has 0 atom stereocenters. The lowest BCUT2D eigenvalue weighted by molar-refractivity contribution is 0.0696. The van der Waals surface area contributed by atoms with Crippen molar-refractivity contribution in [2.45, 2.75) is 25.5 Å². The van der Waals surface area contributed by atoms with Crippen molar-refractivity contribution in [3.63, 3.8) is 0 Å². The van der Waals surface area contributed by atoms with Crippen LogP contribution >= 0.6 is 0 Å². The van der Waals surface area contributed by atoms with E-state index in [1.54, 1.807) is 12.1 Å². The van der Waals surface area contributed by atoms with Crippen LogP contribution in [-0.2, 0) is 6.54 Å². The van der Waals surface area contributed by atoms with Crippen LogP contribution in [0.3, 0.4) is 0 Å². The van der Waals surface area contributed by atoms with Gasteiger partial charge in [-0.25, -0.2) is 4.79 Å². The Labute approximate surface area is 136 Å². The summed E-state index contributed by atoms with van der Waals surface area (Å²) in [6, 6.07) is 17.1. The number of aromatic carboxylic acids is 1. The smallest absolute Gasteiger partial charge is 0.335 e. The van der Waals surface area contributed by atoms with Crippen LogP contribution in [0.15, 0.2) is 54.6 Å². The molecule has 0 radical (unpaired) electrons. The average molecular weight is 311 g/mol. The number of hydrogen-bond donors (Lipinski definition) is 1. The molecule has 1 aliphatic heterocycles. The number of carbonyl (C=O) groups is 1. The van der Waals surface area contributed by atoms with Gasteiger partial charge in [-0.05, 0) is 42.7 Å². The summed E-state index contributed by atoms with van der Waals surface area (Å²) in [6.07, 6.45) is 2.25. The highest BCUT2D eigenvalue weighted by Crippen LogP contribution is 2.20. The Morgan fingerprint density at radius 3 is 2.52 bits per heavy atom. The third-order valence-corrected chi connectivity index (χ3v) is 4.16. The molecule has 0 unspecified atom stereocenters. The van der Waals surface area contributed by atoms with Gasteiger partial charge in [-0.2, -0.15) is 0 Å². The second-order valence-corrected chi connectivity index (χ2v) is 5.91. The molecular weight excluding hydrogens is 290 g/mol. The summed E-state index contributed by atoms with van der Waals surface area (Å²) in [7, 11) is 0. The number of para-hydroxylation sites is 1. The number of benzene rings is 2. The molecule has 0 aromatic heterocycles. The summed E-state index contributed by atoms with van der Waals surface area (Å²) in [4.78, 5) is 13.4. The number of rotatable bonds is 5. The summed E-state index contributed by atoms with van der Waals surface area (Å²) < 4.78 is 6.00. The van der Waals surface area contributed by atoms with Gasteiger partial charge in [-0.3, -0.25) is 4.90 Å². The second kappa shape index (κ2) is 7.29. The summed E-state index contributed by atoms with van der Waals surface area (Å²) in [5.74, 6) is 0.0573. The van der Waals surface area contributed by atoms with E-state index in [-0.39, 0.29) is 6.10 Å². The summed E-state index contributed by atoms with van der Waals surface area (Å²) in [5.41, 5.74) is 1.40. The molecule has 0 spiro atoms. The van der Waals surface area contributed by atoms with Crippen LogP contribution in [0.4, 0.5) is 0 Å². The van der Waals surface area contributed by atoms with Gasteiger partial charge >= 0.3 is 5.97 Å². The van der Waals surface area contributed by atoms with E-state index in [1.807, 2.05) is 42.5 Å². The maximum absolute atomic E-state index is 11.0. The Bertz CT molecular complexity index is 649. The topological polar surface area (TPSA) is 49.8 Å². The van der Waals surface area contributed by atoms with Gasteiger partial charge in [-0.15, -0.1) is 0 Å². The van der Waals surface area contributed by atoms with Crippen molar-refractivity contribution >= 4 is 5.97 Å². The first-order chi connectivity index (χ1) is 11.2. The monoisotopic (exact) mass is 311 g/mol. The highest BCUT2D eigenvalue weighted by atomic mass is 16.5. The summed E-state index contributed by atoms with van der Waals surface area (Å²) >= 11 is 0. The lowest BCUT2D eigenvalue weighted by Crippen LogP contribution is -2.37. The molecule has 3 rings (SSSR count). The Kier molecular flexibility index (Phi) is 4.93. The summed E-state index contributed by atoms with van der Waals surface area (Å²) in [5, 5.41) is 9.06. The Morgan fingerprint density at radius 1 is 1.09 bits per heavy atom. The van der Waals surface area contributed by atoms with Crippen LogP contribution < -0.4 is 4.74 Å². The lowest BCUT2D eigenvalue weighted by atomic mass is 10.1. The van der Waals surface area contributed by atoms with Gasteiger partial charge < -0.3 is 9.84 Å². The first kappa shape index (κ1) is 15.6. The van der Waals surface area contributed by atoms with Gasteiger partial charge in [0.05, 0.1) is 5.56 Å². The first-order valence-corrected chi connectivity index (χ1v) is 7.97. The zero-order valence-corrected chi connectivity index (χ0v) is 13.0. The maximum Gasteiger partial charge on any atom is 0.335 e. The van der Waals surface area contributed by atoms with Gasteiger partial charge in [0, 0.05) is 19.6 Å². The van der Waals surface area contributed by atoms with Crippen molar-refractivity contribution in [1.82, 2.24) is 4.90 Å². The van der Waals surface area contributed by atoms with Gasteiger partial charge in [0.15, 0.2) is 0 Å². The molecule has 0 aliphatic carbocycles. The minimum atomic E-state index is -0.873. The Hall–Kier alpha value is -2.33. The van der Waals surface area contributed by atoms with Gasteiger partial charge in [0.1, 0.15) is 11.9 Å². The molecule has 2 aromatic carbocycles. The Balaban J connectivity index is 1.51. The lowest BCUT2D eigenvalue weighted by Gasteiger charge is -2.32. The van der Waals surface area contributed by atoms with E-state index in [0.29, 0.717) is 5.56 Å². The fourth-order valence-electron chi connectivity index (χ4n) is 2.94. The molecule has 4 nitrogen and oxygen atoms in total. The normalized spacial score (nSPS) is 16.2. The zero-order valence-electron chi connectivity index (χ0n) is 13.0. The minimum Gasteiger partial charge on any atom is -0.490 e. The SMILES string of the molecule is O=C(O)c1cccc(CN2CCC(Oc3ccccc3)CC2)c1. The largest absolute Gasteiger partial charge is 0.490 e. The number of likely N-dealkylation sites (tertiary alicyclic amines) is 1. The van der Waals surface area contributed by atoms with Crippen LogP contribution in [0, 0.1) is 0 Å². The molecule has 2 aromatic rings. The molecule has 1 aliphatic rings. The highest BCUT2D eigenvalue weighted by Gasteiger charge is 2.20. The standard InChI is InChI=1S/C19H21NO3/c21-19(22)16-6-4-5-15(13-16)14-20-11-9-18(10-12-20)23-17-7-2-1-3-8-17/h1-8,13,18H,9-12,14H2,(H,21,22). The number of carboxylic acid groups (broad SMARTS) is 1. The van der Waals surface area contributed by atoms with Crippen molar-refractivity contribution in [2.24, 2.45) is 0 Å². The van der Waals surface area contributed by atoms with Crippen LogP contribution in [0.25, 0.3) is 0 Å². The van der Waals surface area contributed by atoms with Gasteiger partial charge in [-0.1, -0.05) is 30.3 Å². The van der Waals surface area contributed by atoms with Crippen LogP contribution in [-0.4, -0.2) is 35.2 Å². The molecule has 0 saturated carbocycles. The van der Waals surface area contributed by atoms with E-state index in [0.717, 1.165) is 43.8 Å². The summed E-state index contributed by atoms with van der Waals surface area (Å²) in [6.45, 7) is 2.72. The van der Waals surface area contributed by atoms with Crippen molar-refractivity contribution in [1.29, 1.82) is 0 Å². The predicted octanol–water partition coefficient (Wildman–Crippen LogP) is 3.43. The molecule has 1 heterocycles. The third-order valence-electron chi connectivity index (χ3n) is 4.16. The average Bonchev–Trinajstić information content (AvgIpc) is 2.58. The van der Waals surface area contributed by atoms with Gasteiger partial charge in [0.25, 0.3) is 0 Å². The van der Waals surface area contributed by atoms with E-state index in [9.17, 15) is 4.79 Å². The van der Waals surface area contributed by atoms with E-state index in [4.69, 9.17) is 9.84 Å².